The lowest BCUT2D eigenvalue weighted by Crippen LogP contribution is -2.62. The third kappa shape index (κ3) is 7.00. The molecule has 1 aliphatic rings. The minimum atomic E-state index is -1.25. The molecule has 146 valence electrons. The molecular formula is C18H20O9. The van der Waals surface area contributed by atoms with Gasteiger partial charge < -0.3 is 23.7 Å². The third-order valence-electron chi connectivity index (χ3n) is 3.28. The van der Waals surface area contributed by atoms with Crippen molar-refractivity contribution in [3.05, 3.63) is 0 Å². The lowest BCUT2D eigenvalue weighted by atomic mass is 9.94. The second-order valence-corrected chi connectivity index (χ2v) is 5.53. The molecule has 1 rings (SSSR count). The summed E-state index contributed by atoms with van der Waals surface area (Å²) in [5, 5.41) is 0. The van der Waals surface area contributed by atoms with Gasteiger partial charge in [-0.1, -0.05) is 5.92 Å². The molecule has 0 aromatic rings. The van der Waals surface area contributed by atoms with E-state index in [1.54, 1.807) is 0 Å². The zero-order valence-electron chi connectivity index (χ0n) is 15.3. The predicted octanol–water partition coefficient (Wildman–Crippen LogP) is -0.251. The fourth-order valence-electron chi connectivity index (χ4n) is 2.46. The van der Waals surface area contributed by atoms with Crippen molar-refractivity contribution >= 4 is 23.9 Å². The Labute approximate surface area is 156 Å². The van der Waals surface area contributed by atoms with Crippen LogP contribution < -0.4 is 0 Å². The fraction of sp³-hybridized carbons (Fsp3) is 0.556. The maximum Gasteiger partial charge on any atom is 0.303 e. The molecule has 1 saturated heterocycles. The molecule has 1 aliphatic heterocycles. The van der Waals surface area contributed by atoms with Gasteiger partial charge in [-0.15, -0.1) is 6.42 Å². The standard InChI is InChI=1S/C18H20O9/c1-6-7-8-14-16(24-11(3)20)18(26-13(5)22)17(25-12(4)21)15(27-14)9-23-10(2)19/h1,14-18H,9H2,2-5H3/t14-,15+,16-,17+,18+/m0/s1. The zero-order chi connectivity index (χ0) is 20.6. The van der Waals surface area contributed by atoms with Crippen LogP contribution in [0.2, 0.25) is 0 Å². The molecule has 0 aliphatic carbocycles. The van der Waals surface area contributed by atoms with E-state index < -0.39 is 54.4 Å². The highest BCUT2D eigenvalue weighted by Crippen LogP contribution is 2.29. The molecule has 5 atom stereocenters. The molecule has 0 amide bonds. The monoisotopic (exact) mass is 380 g/mol. The van der Waals surface area contributed by atoms with Gasteiger partial charge in [-0.2, -0.15) is 0 Å². The number of rotatable bonds is 5. The largest absolute Gasteiger partial charge is 0.463 e. The van der Waals surface area contributed by atoms with Crippen LogP contribution in [0.5, 0.6) is 0 Å². The molecule has 0 aromatic carbocycles. The smallest absolute Gasteiger partial charge is 0.303 e. The Hall–Kier alpha value is -3.04. The summed E-state index contributed by atoms with van der Waals surface area (Å²) < 4.78 is 26.2. The first-order valence-electron chi connectivity index (χ1n) is 7.92. The van der Waals surface area contributed by atoms with E-state index in [0.717, 1.165) is 20.8 Å². The molecule has 0 unspecified atom stereocenters. The Bertz CT molecular complexity index is 694. The Morgan fingerprint density at radius 3 is 1.85 bits per heavy atom. The molecule has 9 heteroatoms. The second-order valence-electron chi connectivity index (χ2n) is 5.53. The van der Waals surface area contributed by atoms with Crippen LogP contribution in [0.4, 0.5) is 0 Å². The Morgan fingerprint density at radius 2 is 1.37 bits per heavy atom. The molecule has 27 heavy (non-hydrogen) atoms. The van der Waals surface area contributed by atoms with Crippen molar-refractivity contribution in [2.75, 3.05) is 6.61 Å². The summed E-state index contributed by atoms with van der Waals surface area (Å²) in [6.07, 6.45) is -0.698. The first-order valence-corrected chi connectivity index (χ1v) is 7.92. The van der Waals surface area contributed by atoms with Gasteiger partial charge in [0.15, 0.2) is 24.4 Å². The minimum Gasteiger partial charge on any atom is -0.463 e. The normalized spacial score (nSPS) is 26.4. The number of carbonyl (C=O) groups excluding carboxylic acids is 4. The van der Waals surface area contributed by atoms with Gasteiger partial charge in [-0.05, 0) is 11.8 Å². The van der Waals surface area contributed by atoms with Gasteiger partial charge in [-0.3, -0.25) is 19.2 Å². The Morgan fingerprint density at radius 1 is 0.852 bits per heavy atom. The average Bonchev–Trinajstić information content (AvgIpc) is 2.54. The quantitative estimate of drug-likeness (QED) is 0.362. The van der Waals surface area contributed by atoms with Crippen molar-refractivity contribution in [1.29, 1.82) is 0 Å². The highest BCUT2D eigenvalue weighted by Gasteiger charge is 2.51. The summed E-state index contributed by atoms with van der Waals surface area (Å²) in [5.41, 5.74) is 0. The molecule has 0 aromatic heterocycles. The van der Waals surface area contributed by atoms with Crippen LogP contribution in [-0.2, 0) is 42.9 Å². The molecule has 0 bridgehead atoms. The lowest BCUT2D eigenvalue weighted by molar-refractivity contribution is -0.242. The lowest BCUT2D eigenvalue weighted by Gasteiger charge is -2.42. The summed E-state index contributed by atoms with van der Waals surface area (Å²) in [6, 6.07) is 0. The van der Waals surface area contributed by atoms with E-state index in [0.29, 0.717) is 0 Å². The molecule has 0 N–H and O–H groups in total. The first kappa shape index (κ1) is 22.0. The van der Waals surface area contributed by atoms with Crippen molar-refractivity contribution < 1.29 is 42.9 Å². The van der Waals surface area contributed by atoms with Crippen molar-refractivity contribution in [3.8, 4) is 24.2 Å². The summed E-state index contributed by atoms with van der Waals surface area (Å²) in [6.45, 7) is 4.28. The molecule has 0 radical (unpaired) electrons. The Kier molecular flexibility index (Phi) is 8.31. The van der Waals surface area contributed by atoms with Crippen LogP contribution in [0.15, 0.2) is 0 Å². The van der Waals surface area contributed by atoms with Gasteiger partial charge in [0, 0.05) is 27.7 Å². The maximum absolute atomic E-state index is 11.6. The number of hydrogen-bond acceptors (Lipinski definition) is 9. The van der Waals surface area contributed by atoms with E-state index in [1.165, 1.54) is 6.92 Å². The fourth-order valence-corrected chi connectivity index (χ4v) is 2.46. The SMILES string of the molecule is C#CC#C[C@@H]1O[C@H](COC(C)=O)[C@@H](OC(C)=O)[C@H](OC(C)=O)[C@H]1OC(C)=O. The van der Waals surface area contributed by atoms with E-state index in [2.05, 4.69) is 17.8 Å². The van der Waals surface area contributed by atoms with Gasteiger partial charge in [-0.25, -0.2) is 0 Å². The van der Waals surface area contributed by atoms with Crippen molar-refractivity contribution in [2.45, 2.75) is 58.2 Å². The van der Waals surface area contributed by atoms with Crippen LogP contribution in [0.25, 0.3) is 0 Å². The van der Waals surface area contributed by atoms with Crippen LogP contribution in [0.3, 0.4) is 0 Å². The molecular weight excluding hydrogens is 360 g/mol. The first-order chi connectivity index (χ1) is 12.6. The van der Waals surface area contributed by atoms with E-state index in [4.69, 9.17) is 30.1 Å². The minimum absolute atomic E-state index is 0.313. The highest BCUT2D eigenvalue weighted by molar-refractivity contribution is 5.68. The van der Waals surface area contributed by atoms with E-state index in [-0.39, 0.29) is 6.61 Å². The molecule has 1 heterocycles. The van der Waals surface area contributed by atoms with Crippen LogP contribution in [0.1, 0.15) is 27.7 Å². The molecule has 0 spiro atoms. The summed E-state index contributed by atoms with van der Waals surface area (Å²) in [7, 11) is 0. The van der Waals surface area contributed by atoms with Crippen molar-refractivity contribution in [3.63, 3.8) is 0 Å². The number of ether oxygens (including phenoxy) is 5. The highest BCUT2D eigenvalue weighted by atomic mass is 16.7. The van der Waals surface area contributed by atoms with Crippen molar-refractivity contribution in [1.82, 2.24) is 0 Å². The molecule has 0 saturated carbocycles. The van der Waals surface area contributed by atoms with Gasteiger partial charge in [0.1, 0.15) is 12.7 Å². The second kappa shape index (κ2) is 10.2. The third-order valence-corrected chi connectivity index (χ3v) is 3.28. The molecule has 9 nitrogen and oxygen atoms in total. The van der Waals surface area contributed by atoms with Crippen molar-refractivity contribution in [2.24, 2.45) is 0 Å². The summed E-state index contributed by atoms with van der Waals surface area (Å²) in [5.74, 6) is 4.28. The number of hydrogen-bond donors (Lipinski definition) is 0. The van der Waals surface area contributed by atoms with Crippen LogP contribution in [0, 0.1) is 24.2 Å². The number of terminal acetylenes is 1. The van der Waals surface area contributed by atoms with Gasteiger partial charge >= 0.3 is 23.9 Å². The Balaban J connectivity index is 3.33. The predicted molar refractivity (Wildman–Crippen MR) is 88.6 cm³/mol. The number of carbonyl (C=O) groups is 4. The van der Waals surface area contributed by atoms with Gasteiger partial charge in [0.05, 0.1) is 0 Å². The van der Waals surface area contributed by atoms with E-state index in [9.17, 15) is 19.2 Å². The summed E-state index contributed by atoms with van der Waals surface area (Å²) in [4.78, 5) is 45.7. The summed E-state index contributed by atoms with van der Waals surface area (Å²) >= 11 is 0. The van der Waals surface area contributed by atoms with Crippen LogP contribution >= 0.6 is 0 Å². The maximum atomic E-state index is 11.6. The average molecular weight is 380 g/mol. The van der Waals surface area contributed by atoms with Gasteiger partial charge in [0.2, 0.25) is 0 Å². The van der Waals surface area contributed by atoms with Crippen LogP contribution in [-0.4, -0.2) is 61.0 Å². The topological polar surface area (TPSA) is 114 Å². The van der Waals surface area contributed by atoms with Gasteiger partial charge in [0.25, 0.3) is 0 Å². The number of esters is 4. The molecule has 1 fully saturated rings. The van der Waals surface area contributed by atoms with E-state index in [1.807, 2.05) is 0 Å². The zero-order valence-corrected chi connectivity index (χ0v) is 15.3. The van der Waals surface area contributed by atoms with E-state index >= 15 is 0 Å².